The van der Waals surface area contributed by atoms with Gasteiger partial charge in [0, 0.05) is 26.2 Å². The summed E-state index contributed by atoms with van der Waals surface area (Å²) in [7, 11) is 0. The highest BCUT2D eigenvalue weighted by molar-refractivity contribution is 5.77. The Kier molecular flexibility index (Phi) is 6.86. The molecule has 128 valence electrons. The van der Waals surface area contributed by atoms with E-state index >= 15 is 0 Å². The van der Waals surface area contributed by atoms with Crippen LogP contribution in [0.3, 0.4) is 0 Å². The molecule has 1 atom stereocenters. The van der Waals surface area contributed by atoms with E-state index < -0.39 is 0 Å². The van der Waals surface area contributed by atoms with Crippen molar-refractivity contribution < 1.29 is 4.74 Å². The van der Waals surface area contributed by atoms with Crippen molar-refractivity contribution in [1.29, 1.82) is 0 Å². The van der Waals surface area contributed by atoms with Gasteiger partial charge in [-0.2, -0.15) is 0 Å². The van der Waals surface area contributed by atoms with Gasteiger partial charge in [0.2, 0.25) is 0 Å². The summed E-state index contributed by atoms with van der Waals surface area (Å²) >= 11 is 0. The van der Waals surface area contributed by atoms with Crippen LogP contribution in [0.5, 0.6) is 0 Å². The van der Waals surface area contributed by atoms with Crippen LogP contribution in [0.25, 0.3) is 0 Å². The molecule has 1 saturated heterocycles. The number of hydrogen-bond donors (Lipinski definition) is 2. The lowest BCUT2D eigenvalue weighted by Gasteiger charge is -2.35. The molecule has 0 bridgehead atoms. The van der Waals surface area contributed by atoms with Gasteiger partial charge >= 0.3 is 0 Å². The minimum absolute atomic E-state index is 0.285. The molecule has 1 heterocycles. The summed E-state index contributed by atoms with van der Waals surface area (Å²) in [6, 6.07) is 9.03. The normalized spacial score (nSPS) is 18.2. The Hall–Kier alpha value is -1.59. The fourth-order valence-electron chi connectivity index (χ4n) is 2.67. The maximum atomic E-state index is 6.00. The Morgan fingerprint density at radius 3 is 2.52 bits per heavy atom. The van der Waals surface area contributed by atoms with E-state index in [0.29, 0.717) is 11.9 Å². The maximum absolute atomic E-state index is 6.00. The van der Waals surface area contributed by atoms with E-state index in [1.807, 2.05) is 0 Å². The lowest BCUT2D eigenvalue weighted by atomic mass is 10.0. The average molecular weight is 318 g/mol. The van der Waals surface area contributed by atoms with Crippen LogP contribution in [0.1, 0.15) is 31.0 Å². The van der Waals surface area contributed by atoms with E-state index in [1.165, 1.54) is 11.1 Å². The highest BCUT2D eigenvalue weighted by Gasteiger charge is 2.22. The van der Waals surface area contributed by atoms with Crippen LogP contribution in [0.2, 0.25) is 0 Å². The molecule has 5 nitrogen and oxygen atoms in total. The minimum Gasteiger partial charge on any atom is -0.379 e. The number of benzene rings is 1. The van der Waals surface area contributed by atoms with Gasteiger partial charge in [-0.15, -0.1) is 0 Å². The van der Waals surface area contributed by atoms with E-state index in [-0.39, 0.29) is 6.04 Å². The first-order chi connectivity index (χ1) is 11.1. The largest absolute Gasteiger partial charge is 0.379 e. The number of ether oxygens (including phenoxy) is 1. The zero-order chi connectivity index (χ0) is 16.7. The zero-order valence-corrected chi connectivity index (χ0v) is 14.6. The Labute approximate surface area is 139 Å². The summed E-state index contributed by atoms with van der Waals surface area (Å²) in [6.45, 7) is 11.4. The topological polar surface area (TPSA) is 62.9 Å². The van der Waals surface area contributed by atoms with Gasteiger partial charge in [0.1, 0.15) is 0 Å². The van der Waals surface area contributed by atoms with Gasteiger partial charge in [-0.1, -0.05) is 43.7 Å². The number of guanidine groups is 1. The predicted molar refractivity (Wildman–Crippen MR) is 95.6 cm³/mol. The molecule has 1 aliphatic rings. The lowest BCUT2D eigenvalue weighted by molar-refractivity contribution is 0.0170. The van der Waals surface area contributed by atoms with E-state index in [2.05, 4.69) is 60.2 Å². The monoisotopic (exact) mass is 318 g/mol. The summed E-state index contributed by atoms with van der Waals surface area (Å²) in [5.74, 6) is 1.05. The Bertz CT molecular complexity index is 492. The Morgan fingerprint density at radius 2 is 1.91 bits per heavy atom. The first-order valence-electron chi connectivity index (χ1n) is 8.48. The molecule has 5 heteroatoms. The third kappa shape index (κ3) is 5.84. The molecule has 1 unspecified atom stereocenters. The average Bonchev–Trinajstić information content (AvgIpc) is 2.55. The molecular weight excluding hydrogens is 288 g/mol. The number of rotatable bonds is 6. The van der Waals surface area contributed by atoms with Crippen molar-refractivity contribution in [2.75, 3.05) is 39.4 Å². The summed E-state index contributed by atoms with van der Waals surface area (Å²) in [5.41, 5.74) is 8.58. The van der Waals surface area contributed by atoms with Crippen molar-refractivity contribution in [1.82, 2.24) is 10.2 Å². The van der Waals surface area contributed by atoms with Crippen LogP contribution in [-0.2, 0) is 4.74 Å². The molecule has 1 fully saturated rings. The molecule has 0 spiro atoms. The highest BCUT2D eigenvalue weighted by Crippen LogP contribution is 2.21. The first-order valence-corrected chi connectivity index (χ1v) is 8.48. The van der Waals surface area contributed by atoms with E-state index in [0.717, 1.165) is 39.4 Å². The predicted octanol–water partition coefficient (Wildman–Crippen LogP) is 1.93. The molecule has 1 aliphatic heterocycles. The number of nitrogens with one attached hydrogen (secondary N) is 1. The molecule has 0 aliphatic carbocycles. The SMILES string of the molecule is Cc1ccc(C(CNC(N)=NCC(C)C)N2CCOCC2)cc1. The van der Waals surface area contributed by atoms with E-state index in [9.17, 15) is 0 Å². The van der Waals surface area contributed by atoms with Crippen LogP contribution in [0, 0.1) is 12.8 Å². The summed E-state index contributed by atoms with van der Waals surface area (Å²) in [4.78, 5) is 6.84. The van der Waals surface area contributed by atoms with Gasteiger partial charge in [0.05, 0.1) is 19.3 Å². The summed E-state index contributed by atoms with van der Waals surface area (Å²) < 4.78 is 5.48. The van der Waals surface area contributed by atoms with Gasteiger partial charge in [-0.05, 0) is 18.4 Å². The third-order valence-electron chi connectivity index (χ3n) is 4.05. The number of nitrogens with two attached hydrogens (primary N) is 1. The van der Waals surface area contributed by atoms with E-state index in [4.69, 9.17) is 10.5 Å². The van der Waals surface area contributed by atoms with Crippen molar-refractivity contribution in [3.8, 4) is 0 Å². The molecule has 0 saturated carbocycles. The molecule has 0 aromatic heterocycles. The quantitative estimate of drug-likeness (QED) is 0.621. The zero-order valence-electron chi connectivity index (χ0n) is 14.6. The Morgan fingerprint density at radius 1 is 1.26 bits per heavy atom. The minimum atomic E-state index is 0.285. The second kappa shape index (κ2) is 8.89. The van der Waals surface area contributed by atoms with E-state index in [1.54, 1.807) is 0 Å². The maximum Gasteiger partial charge on any atom is 0.188 e. The van der Waals surface area contributed by atoms with Crippen molar-refractivity contribution in [2.45, 2.75) is 26.8 Å². The van der Waals surface area contributed by atoms with Crippen molar-refractivity contribution in [2.24, 2.45) is 16.6 Å². The van der Waals surface area contributed by atoms with Gasteiger partial charge in [-0.3, -0.25) is 9.89 Å². The molecule has 3 N–H and O–H groups in total. The van der Waals surface area contributed by atoms with Crippen LogP contribution in [0.15, 0.2) is 29.3 Å². The Balaban J connectivity index is 2.04. The van der Waals surface area contributed by atoms with Gasteiger partial charge in [-0.25, -0.2) is 0 Å². The van der Waals surface area contributed by atoms with Gasteiger partial charge < -0.3 is 15.8 Å². The summed E-state index contributed by atoms with van der Waals surface area (Å²) in [6.07, 6.45) is 0. The molecular formula is C18H30N4O. The molecule has 0 amide bonds. The van der Waals surface area contributed by atoms with Gasteiger partial charge in [0.15, 0.2) is 5.96 Å². The van der Waals surface area contributed by atoms with Crippen LogP contribution < -0.4 is 11.1 Å². The third-order valence-corrected chi connectivity index (χ3v) is 4.05. The number of morpholine rings is 1. The van der Waals surface area contributed by atoms with Gasteiger partial charge in [0.25, 0.3) is 0 Å². The lowest BCUT2D eigenvalue weighted by Crippen LogP contribution is -2.45. The number of aliphatic imine (C=N–C) groups is 1. The summed E-state index contributed by atoms with van der Waals surface area (Å²) in [5, 5.41) is 3.29. The second-order valence-corrected chi connectivity index (χ2v) is 6.58. The fourth-order valence-corrected chi connectivity index (χ4v) is 2.67. The smallest absolute Gasteiger partial charge is 0.188 e. The standard InChI is InChI=1S/C18H30N4O/c1-14(2)12-20-18(19)21-13-17(22-8-10-23-11-9-22)16-6-4-15(3)5-7-16/h4-7,14,17H,8-13H2,1-3H3,(H3,19,20,21). The van der Waals surface area contributed by atoms with Crippen molar-refractivity contribution >= 4 is 5.96 Å². The number of nitrogens with zero attached hydrogens (tertiary/aromatic N) is 2. The van der Waals surface area contributed by atoms with Crippen LogP contribution >= 0.6 is 0 Å². The number of aryl methyl sites for hydroxylation is 1. The van der Waals surface area contributed by atoms with Crippen LogP contribution in [0.4, 0.5) is 0 Å². The first kappa shape index (κ1) is 17.8. The van der Waals surface area contributed by atoms with Crippen molar-refractivity contribution in [3.05, 3.63) is 35.4 Å². The fraction of sp³-hybridized carbons (Fsp3) is 0.611. The molecule has 1 aromatic carbocycles. The molecule has 1 aromatic rings. The van der Waals surface area contributed by atoms with Crippen molar-refractivity contribution in [3.63, 3.8) is 0 Å². The molecule has 0 radical (unpaired) electrons. The molecule has 2 rings (SSSR count). The van der Waals surface area contributed by atoms with Crippen LogP contribution in [-0.4, -0.2) is 50.3 Å². The number of hydrogen-bond acceptors (Lipinski definition) is 3. The highest BCUT2D eigenvalue weighted by atomic mass is 16.5. The molecule has 23 heavy (non-hydrogen) atoms. The second-order valence-electron chi connectivity index (χ2n) is 6.58.